The van der Waals surface area contributed by atoms with Crippen molar-refractivity contribution in [2.45, 2.75) is 47.1 Å². The lowest BCUT2D eigenvalue weighted by Crippen LogP contribution is -2.56. The number of likely N-dealkylation sites (N-methyl/N-ethyl adjacent to an activating group) is 1. The Kier molecular flexibility index (Phi) is 5.13. The second-order valence-corrected chi connectivity index (χ2v) is 4.90. The van der Waals surface area contributed by atoms with E-state index in [-0.39, 0.29) is 4.48 Å². The van der Waals surface area contributed by atoms with Crippen molar-refractivity contribution in [2.75, 3.05) is 19.6 Å². The summed E-state index contributed by atoms with van der Waals surface area (Å²) in [4.78, 5) is 23.7. The topological polar surface area (TPSA) is 43.4 Å². The third kappa shape index (κ3) is 3.59. The zero-order valence-electron chi connectivity index (χ0n) is 11.3. The second kappa shape index (κ2) is 5.43. The maximum absolute atomic E-state index is 12.0. The quantitative estimate of drug-likeness (QED) is 0.421. The highest BCUT2D eigenvalue weighted by molar-refractivity contribution is 6.29. The van der Waals surface area contributed by atoms with Crippen LogP contribution in [-0.2, 0) is 14.3 Å². The molecule has 0 fully saturated rings. The molecule has 16 heavy (non-hydrogen) atoms. The van der Waals surface area contributed by atoms with Crippen molar-refractivity contribution in [3.05, 3.63) is 0 Å². The summed E-state index contributed by atoms with van der Waals surface area (Å²) in [5.74, 6) is -1.17. The average molecular weight is 230 g/mol. The molecule has 0 bridgehead atoms. The summed E-state index contributed by atoms with van der Waals surface area (Å²) in [5.41, 5.74) is -0.613. The molecule has 0 rings (SSSR count). The van der Waals surface area contributed by atoms with Gasteiger partial charge >= 0.3 is 11.9 Å². The molecule has 0 heterocycles. The molecule has 0 radical (unpaired) electrons. The first kappa shape index (κ1) is 15.1. The van der Waals surface area contributed by atoms with Crippen LogP contribution in [0, 0.1) is 0 Å². The van der Waals surface area contributed by atoms with Gasteiger partial charge in [0.2, 0.25) is 0 Å². The minimum atomic E-state index is -0.724. The molecule has 0 atom stereocenters. The average Bonchev–Trinajstić information content (AvgIpc) is 2.18. The monoisotopic (exact) mass is 230 g/mol. The van der Waals surface area contributed by atoms with E-state index in [1.54, 1.807) is 20.8 Å². The Morgan fingerprint density at radius 3 is 1.62 bits per heavy atom. The van der Waals surface area contributed by atoms with Crippen LogP contribution in [0.2, 0.25) is 0 Å². The van der Waals surface area contributed by atoms with Gasteiger partial charge in [0.25, 0.3) is 0 Å². The molecule has 0 spiro atoms. The van der Waals surface area contributed by atoms with E-state index in [2.05, 4.69) is 0 Å². The minimum absolute atomic E-state index is 0.162. The maximum atomic E-state index is 12.0. The summed E-state index contributed by atoms with van der Waals surface area (Å²) in [7, 11) is 0. The standard InChI is InChI=1S/C12H24NO3/c1-7-13(8-2,9-3)10(14)11(15)16-12(4,5)6/h7-9H2,1-6H3/q+1. The lowest BCUT2D eigenvalue weighted by molar-refractivity contribution is -0.846. The van der Waals surface area contributed by atoms with Gasteiger partial charge in [0.1, 0.15) is 5.60 Å². The predicted molar refractivity (Wildman–Crippen MR) is 62.7 cm³/mol. The van der Waals surface area contributed by atoms with Crippen LogP contribution in [0.15, 0.2) is 0 Å². The van der Waals surface area contributed by atoms with E-state index < -0.39 is 17.5 Å². The van der Waals surface area contributed by atoms with Crippen LogP contribution in [0.25, 0.3) is 0 Å². The van der Waals surface area contributed by atoms with E-state index >= 15 is 0 Å². The Hall–Kier alpha value is -0.900. The van der Waals surface area contributed by atoms with Gasteiger partial charge in [-0.1, -0.05) is 0 Å². The van der Waals surface area contributed by atoms with Crippen molar-refractivity contribution in [3.63, 3.8) is 0 Å². The number of hydrogen-bond acceptors (Lipinski definition) is 3. The van der Waals surface area contributed by atoms with Gasteiger partial charge in [-0.3, -0.25) is 4.48 Å². The van der Waals surface area contributed by atoms with Crippen LogP contribution < -0.4 is 0 Å². The van der Waals surface area contributed by atoms with Crippen LogP contribution in [-0.4, -0.2) is 41.6 Å². The molecule has 4 nitrogen and oxygen atoms in total. The number of amides is 1. The van der Waals surface area contributed by atoms with Crippen LogP contribution in [0.4, 0.5) is 0 Å². The molecular weight excluding hydrogens is 206 g/mol. The van der Waals surface area contributed by atoms with Crippen LogP contribution in [0.1, 0.15) is 41.5 Å². The molecule has 1 amide bonds. The van der Waals surface area contributed by atoms with E-state index in [9.17, 15) is 9.59 Å². The Labute approximate surface area is 98.2 Å². The summed E-state index contributed by atoms with van der Waals surface area (Å²) in [6.07, 6.45) is 0. The first-order chi connectivity index (χ1) is 7.22. The van der Waals surface area contributed by atoms with Crippen molar-refractivity contribution < 1.29 is 18.8 Å². The van der Waals surface area contributed by atoms with E-state index in [0.717, 1.165) is 0 Å². The molecule has 0 aliphatic carbocycles. The fourth-order valence-corrected chi connectivity index (χ4v) is 1.62. The number of carbonyl (C=O) groups is 2. The van der Waals surface area contributed by atoms with Gasteiger partial charge in [-0.2, -0.15) is 0 Å². The molecule has 0 N–H and O–H groups in total. The van der Waals surface area contributed by atoms with Gasteiger partial charge in [0, 0.05) is 0 Å². The smallest absolute Gasteiger partial charge is 0.437 e. The molecular formula is C12H24NO3+. The largest absolute Gasteiger partial charge is 0.450 e. The number of esters is 1. The molecule has 0 saturated heterocycles. The lowest BCUT2D eigenvalue weighted by Gasteiger charge is -2.32. The summed E-state index contributed by atoms with van der Waals surface area (Å²) < 4.78 is 5.27. The van der Waals surface area contributed by atoms with Crippen LogP contribution in [0.5, 0.6) is 0 Å². The molecule has 0 aliphatic heterocycles. The SMILES string of the molecule is CC[N+](CC)(CC)C(=O)C(=O)OC(C)(C)C. The summed E-state index contributed by atoms with van der Waals surface area (Å²) >= 11 is 0. The molecule has 0 aromatic carbocycles. The van der Waals surface area contributed by atoms with Gasteiger partial charge in [-0.05, 0) is 41.5 Å². The molecule has 0 unspecified atom stereocenters. The molecule has 0 aliphatic rings. The van der Waals surface area contributed by atoms with E-state index in [4.69, 9.17) is 4.74 Å². The fourth-order valence-electron chi connectivity index (χ4n) is 1.62. The van der Waals surface area contributed by atoms with E-state index in [1.807, 2.05) is 20.8 Å². The second-order valence-electron chi connectivity index (χ2n) is 4.90. The summed E-state index contributed by atoms with van der Waals surface area (Å²) in [6, 6.07) is 0. The van der Waals surface area contributed by atoms with E-state index in [0.29, 0.717) is 19.6 Å². The first-order valence-corrected chi connectivity index (χ1v) is 5.86. The highest BCUT2D eigenvalue weighted by Crippen LogP contribution is 2.12. The zero-order chi connectivity index (χ0) is 13.0. The van der Waals surface area contributed by atoms with Gasteiger partial charge in [-0.15, -0.1) is 0 Å². The summed E-state index contributed by atoms with van der Waals surface area (Å²) in [5, 5.41) is 0. The third-order valence-electron chi connectivity index (χ3n) is 2.82. The molecule has 94 valence electrons. The number of hydrogen-bond donors (Lipinski definition) is 0. The van der Waals surface area contributed by atoms with Crippen molar-refractivity contribution in [1.29, 1.82) is 0 Å². The van der Waals surface area contributed by atoms with Crippen molar-refractivity contribution >= 4 is 11.9 Å². The highest BCUT2D eigenvalue weighted by atomic mass is 16.6. The molecule has 0 saturated carbocycles. The Morgan fingerprint density at radius 2 is 1.38 bits per heavy atom. The van der Waals surface area contributed by atoms with Gasteiger partial charge in [-0.25, -0.2) is 9.59 Å². The van der Waals surface area contributed by atoms with Crippen molar-refractivity contribution in [3.8, 4) is 0 Å². The maximum Gasteiger partial charge on any atom is 0.437 e. The van der Waals surface area contributed by atoms with Crippen molar-refractivity contribution in [1.82, 2.24) is 0 Å². The number of carbonyl (C=O) groups excluding carboxylic acids is 2. The van der Waals surface area contributed by atoms with Crippen LogP contribution >= 0.6 is 0 Å². The lowest BCUT2D eigenvalue weighted by atomic mass is 10.2. The third-order valence-corrected chi connectivity index (χ3v) is 2.82. The number of quaternary nitrogens is 1. The number of rotatable bonds is 3. The zero-order valence-corrected chi connectivity index (χ0v) is 11.3. The van der Waals surface area contributed by atoms with Crippen molar-refractivity contribution in [2.24, 2.45) is 0 Å². The normalized spacial score (nSPS) is 12.4. The Balaban J connectivity index is 4.83. The predicted octanol–water partition coefficient (Wildman–Crippen LogP) is 1.73. The first-order valence-electron chi connectivity index (χ1n) is 5.86. The van der Waals surface area contributed by atoms with Gasteiger partial charge < -0.3 is 4.74 Å². The van der Waals surface area contributed by atoms with Gasteiger partial charge in [0.15, 0.2) is 0 Å². The number of ether oxygens (including phenoxy) is 1. The highest BCUT2D eigenvalue weighted by Gasteiger charge is 2.39. The number of nitrogens with zero attached hydrogens (tertiary/aromatic N) is 1. The molecule has 4 heteroatoms. The fraction of sp³-hybridized carbons (Fsp3) is 0.833. The van der Waals surface area contributed by atoms with Gasteiger partial charge in [0.05, 0.1) is 19.6 Å². The van der Waals surface area contributed by atoms with Crippen LogP contribution in [0.3, 0.4) is 0 Å². The molecule has 0 aromatic heterocycles. The Bertz CT molecular complexity index is 254. The minimum Gasteiger partial charge on any atom is -0.450 e. The Morgan fingerprint density at radius 1 is 1.00 bits per heavy atom. The summed E-state index contributed by atoms with van der Waals surface area (Å²) in [6.45, 7) is 12.9. The molecule has 0 aromatic rings. The van der Waals surface area contributed by atoms with E-state index in [1.165, 1.54) is 0 Å².